The third-order valence-corrected chi connectivity index (χ3v) is 6.33. The van der Waals surface area contributed by atoms with Gasteiger partial charge in [-0.15, -0.1) is 6.58 Å². The van der Waals surface area contributed by atoms with E-state index >= 15 is 0 Å². The van der Waals surface area contributed by atoms with Gasteiger partial charge in [0.05, 0.1) is 12.2 Å². The van der Waals surface area contributed by atoms with Gasteiger partial charge in [0, 0.05) is 18.4 Å². The number of pyridine rings is 1. The lowest BCUT2D eigenvalue weighted by molar-refractivity contribution is -0.260. The molecular weight excluding hydrogens is 487 g/mol. The SMILES string of the molecule is C=CCn1c(=O)c2cnc(Nc3ccc4c(c3)CNCC4)nc2n1-c1cccc(C(C)(O)C(F)(F)F)n1. The number of allylic oxidation sites excluding steroid dienone is 1. The maximum absolute atomic E-state index is 13.5. The first-order chi connectivity index (χ1) is 17.6. The normalized spacial score (nSPS) is 15.3. The summed E-state index contributed by atoms with van der Waals surface area (Å²) in [5.74, 6) is 0.166. The van der Waals surface area contributed by atoms with Crippen LogP contribution in [-0.4, -0.2) is 42.1 Å². The summed E-state index contributed by atoms with van der Waals surface area (Å²) in [5.41, 5.74) is -0.967. The predicted molar refractivity (Wildman–Crippen MR) is 132 cm³/mol. The van der Waals surface area contributed by atoms with E-state index in [9.17, 15) is 23.1 Å². The molecule has 0 aliphatic carbocycles. The average molecular weight is 512 g/mol. The molecule has 1 unspecified atom stereocenters. The second-order valence-electron chi connectivity index (χ2n) is 8.90. The Bertz CT molecular complexity index is 1560. The van der Waals surface area contributed by atoms with Crippen molar-refractivity contribution in [1.29, 1.82) is 0 Å². The van der Waals surface area contributed by atoms with Crippen LogP contribution >= 0.6 is 0 Å². The van der Waals surface area contributed by atoms with E-state index in [2.05, 4.69) is 32.2 Å². The van der Waals surface area contributed by atoms with Gasteiger partial charge in [0.15, 0.2) is 17.1 Å². The number of anilines is 2. The van der Waals surface area contributed by atoms with Gasteiger partial charge in [-0.05, 0) is 55.3 Å². The Labute approximate surface area is 209 Å². The van der Waals surface area contributed by atoms with E-state index in [0.29, 0.717) is 6.92 Å². The van der Waals surface area contributed by atoms with E-state index in [1.165, 1.54) is 39.3 Å². The molecule has 3 N–H and O–H groups in total. The number of benzene rings is 1. The number of hydrogen-bond acceptors (Lipinski definition) is 7. The van der Waals surface area contributed by atoms with Crippen LogP contribution in [0.5, 0.6) is 0 Å². The second-order valence-corrected chi connectivity index (χ2v) is 8.90. The first-order valence-electron chi connectivity index (χ1n) is 11.6. The third-order valence-electron chi connectivity index (χ3n) is 6.33. The van der Waals surface area contributed by atoms with E-state index in [-0.39, 0.29) is 29.3 Å². The van der Waals surface area contributed by atoms with Crippen LogP contribution in [-0.2, 0) is 25.1 Å². The topological polar surface area (TPSA) is 110 Å². The summed E-state index contributed by atoms with van der Waals surface area (Å²) in [5, 5.41) is 16.8. The Hall–Kier alpha value is -4.03. The highest BCUT2D eigenvalue weighted by atomic mass is 19.4. The number of fused-ring (bicyclic) bond motifs is 2. The molecular formula is C25H24F3N7O2. The van der Waals surface area contributed by atoms with Gasteiger partial charge in [0.2, 0.25) is 5.95 Å². The minimum absolute atomic E-state index is 0.0273. The molecule has 0 spiro atoms. The average Bonchev–Trinajstić information content (AvgIpc) is 3.14. The number of hydrogen-bond donors (Lipinski definition) is 3. The summed E-state index contributed by atoms with van der Waals surface area (Å²) in [6.07, 6.45) is -1.19. The number of aromatic nitrogens is 5. The Kier molecular flexibility index (Phi) is 6.08. The minimum Gasteiger partial charge on any atom is -0.375 e. The molecule has 12 heteroatoms. The van der Waals surface area contributed by atoms with Gasteiger partial charge in [0.1, 0.15) is 5.39 Å². The molecule has 0 radical (unpaired) electrons. The van der Waals surface area contributed by atoms with Crippen molar-refractivity contribution in [1.82, 2.24) is 29.6 Å². The molecule has 0 saturated carbocycles. The van der Waals surface area contributed by atoms with E-state index in [1.807, 2.05) is 18.2 Å². The molecule has 1 aromatic carbocycles. The Morgan fingerprint density at radius 2 is 2.03 bits per heavy atom. The molecule has 5 rings (SSSR count). The van der Waals surface area contributed by atoms with Gasteiger partial charge in [-0.2, -0.15) is 18.2 Å². The van der Waals surface area contributed by atoms with Crippen molar-refractivity contribution in [3.63, 3.8) is 0 Å². The van der Waals surface area contributed by atoms with E-state index in [0.717, 1.165) is 36.8 Å². The highest BCUT2D eigenvalue weighted by Crippen LogP contribution is 2.37. The zero-order valence-corrected chi connectivity index (χ0v) is 19.9. The van der Waals surface area contributed by atoms with Crippen LogP contribution < -0.4 is 16.2 Å². The van der Waals surface area contributed by atoms with Crippen LogP contribution in [0.3, 0.4) is 0 Å². The molecule has 1 atom stereocenters. The van der Waals surface area contributed by atoms with Crippen molar-refractivity contribution in [2.75, 3.05) is 11.9 Å². The molecule has 1 aliphatic rings. The summed E-state index contributed by atoms with van der Waals surface area (Å²) in [6.45, 7) is 6.00. The highest BCUT2D eigenvalue weighted by molar-refractivity contribution is 5.77. The van der Waals surface area contributed by atoms with Crippen molar-refractivity contribution in [2.24, 2.45) is 0 Å². The maximum atomic E-state index is 13.5. The third kappa shape index (κ3) is 4.38. The molecule has 37 heavy (non-hydrogen) atoms. The van der Waals surface area contributed by atoms with Crippen LogP contribution in [0.4, 0.5) is 24.8 Å². The van der Waals surface area contributed by atoms with Crippen LogP contribution in [0.25, 0.3) is 16.9 Å². The lowest BCUT2D eigenvalue weighted by Crippen LogP contribution is -2.40. The molecule has 0 saturated heterocycles. The number of nitrogens with zero attached hydrogens (tertiary/aromatic N) is 5. The number of rotatable bonds is 6. The van der Waals surface area contributed by atoms with Crippen LogP contribution in [0.1, 0.15) is 23.7 Å². The molecule has 4 aromatic rings. The van der Waals surface area contributed by atoms with E-state index < -0.39 is 23.0 Å². The largest absolute Gasteiger partial charge is 0.422 e. The summed E-state index contributed by atoms with van der Waals surface area (Å²) in [6, 6.07) is 9.78. The summed E-state index contributed by atoms with van der Waals surface area (Å²) in [4.78, 5) is 26.0. The molecule has 4 heterocycles. The van der Waals surface area contributed by atoms with Gasteiger partial charge in [-0.1, -0.05) is 18.2 Å². The quantitative estimate of drug-likeness (QED) is 0.341. The Morgan fingerprint density at radius 1 is 1.22 bits per heavy atom. The summed E-state index contributed by atoms with van der Waals surface area (Å²) in [7, 11) is 0. The lowest BCUT2D eigenvalue weighted by atomic mass is 10.0. The fraction of sp³-hybridized carbons (Fsp3) is 0.280. The zero-order valence-electron chi connectivity index (χ0n) is 19.9. The molecule has 9 nitrogen and oxygen atoms in total. The highest BCUT2D eigenvalue weighted by Gasteiger charge is 2.52. The van der Waals surface area contributed by atoms with Crippen LogP contribution in [0, 0.1) is 0 Å². The van der Waals surface area contributed by atoms with Crippen LogP contribution in [0.2, 0.25) is 0 Å². The predicted octanol–water partition coefficient (Wildman–Crippen LogP) is 3.32. The maximum Gasteiger partial charge on any atom is 0.422 e. The summed E-state index contributed by atoms with van der Waals surface area (Å²) < 4.78 is 43.0. The summed E-state index contributed by atoms with van der Waals surface area (Å²) >= 11 is 0. The fourth-order valence-corrected chi connectivity index (χ4v) is 4.25. The van der Waals surface area contributed by atoms with Gasteiger partial charge in [0.25, 0.3) is 5.56 Å². The van der Waals surface area contributed by atoms with Gasteiger partial charge < -0.3 is 15.7 Å². The molecule has 0 fully saturated rings. The lowest BCUT2D eigenvalue weighted by Gasteiger charge is -2.26. The Balaban J connectivity index is 1.62. The standard InChI is InChI=1S/C25H24F3N7O2/c1-3-11-34-22(36)18-14-30-23(31-17-8-7-15-9-10-29-13-16(15)12-17)33-21(18)35(34)20-6-4-5-19(32-20)24(2,37)25(26,27)28/h3-8,12,14,29,37H,1,9-11,13H2,2H3,(H,30,31,33). The van der Waals surface area contributed by atoms with E-state index in [1.54, 1.807) is 0 Å². The Morgan fingerprint density at radius 3 is 2.78 bits per heavy atom. The smallest absolute Gasteiger partial charge is 0.375 e. The minimum atomic E-state index is -4.96. The van der Waals surface area contributed by atoms with Crippen molar-refractivity contribution in [2.45, 2.75) is 38.2 Å². The van der Waals surface area contributed by atoms with E-state index in [4.69, 9.17) is 0 Å². The first-order valence-corrected chi connectivity index (χ1v) is 11.6. The van der Waals surface area contributed by atoms with Crippen molar-refractivity contribution >= 4 is 22.7 Å². The van der Waals surface area contributed by atoms with Gasteiger partial charge in [-0.25, -0.2) is 19.3 Å². The van der Waals surface area contributed by atoms with Crippen molar-refractivity contribution in [3.8, 4) is 5.82 Å². The fourth-order valence-electron chi connectivity index (χ4n) is 4.25. The number of halogens is 3. The molecule has 1 aliphatic heterocycles. The second kappa shape index (κ2) is 9.12. The molecule has 192 valence electrons. The monoisotopic (exact) mass is 511 g/mol. The number of alkyl halides is 3. The van der Waals surface area contributed by atoms with Crippen molar-refractivity contribution in [3.05, 3.63) is 82.4 Å². The molecule has 0 bridgehead atoms. The van der Waals surface area contributed by atoms with Gasteiger partial charge >= 0.3 is 6.18 Å². The first kappa shape index (κ1) is 24.7. The number of nitrogens with one attached hydrogen (secondary N) is 2. The molecule has 0 amide bonds. The molecule has 3 aromatic heterocycles. The van der Waals surface area contributed by atoms with Gasteiger partial charge in [-0.3, -0.25) is 4.79 Å². The van der Waals surface area contributed by atoms with Crippen molar-refractivity contribution < 1.29 is 18.3 Å². The van der Waals surface area contributed by atoms with Crippen LogP contribution in [0.15, 0.2) is 60.0 Å². The zero-order chi connectivity index (χ0) is 26.4. The number of aliphatic hydroxyl groups is 1.